The fourth-order valence-electron chi connectivity index (χ4n) is 2.72. The number of nitrogens with one attached hydrogen (secondary N) is 1. The van der Waals surface area contributed by atoms with Crippen LogP contribution in [0.15, 0.2) is 30.3 Å². The minimum Gasteiger partial charge on any atom is -0.481 e. The summed E-state index contributed by atoms with van der Waals surface area (Å²) in [6.07, 6.45) is 3.44. The number of carbonyl (C=O) groups excluding carboxylic acids is 1. The van der Waals surface area contributed by atoms with Crippen molar-refractivity contribution in [2.75, 3.05) is 13.6 Å². The molecule has 2 rings (SSSR count). The largest absolute Gasteiger partial charge is 0.481 e. The van der Waals surface area contributed by atoms with E-state index >= 15 is 0 Å². The monoisotopic (exact) mass is 304 g/mol. The normalized spacial score (nSPS) is 17.2. The number of amides is 2. The molecule has 0 aromatic heterocycles. The van der Waals surface area contributed by atoms with E-state index in [-0.39, 0.29) is 18.6 Å². The molecule has 1 aromatic rings. The highest BCUT2D eigenvalue weighted by atomic mass is 16.4. The summed E-state index contributed by atoms with van der Waals surface area (Å²) in [5.41, 5.74) is 1.11. The third kappa shape index (κ3) is 4.00. The third-order valence-corrected chi connectivity index (χ3v) is 4.37. The highest BCUT2D eigenvalue weighted by molar-refractivity contribution is 5.76. The van der Waals surface area contributed by atoms with Crippen LogP contribution in [0.4, 0.5) is 4.79 Å². The second-order valence-electron chi connectivity index (χ2n) is 6.15. The predicted octanol–water partition coefficient (Wildman–Crippen LogP) is 2.89. The zero-order chi connectivity index (χ0) is 16.1. The Balaban J connectivity index is 2.01. The van der Waals surface area contributed by atoms with Crippen LogP contribution >= 0.6 is 0 Å². The summed E-state index contributed by atoms with van der Waals surface area (Å²) in [4.78, 5) is 24.7. The minimum absolute atomic E-state index is 0.00466. The standard InChI is InChI=1S/C17H24N2O3/c1-12(16(20)21)11-19(2)17(22)18-15(14-9-6-10-14)13-7-4-3-5-8-13/h3-5,7-8,12,14-15H,6,9-11H2,1-2H3,(H,18,22)(H,20,21). The Labute approximate surface area is 131 Å². The maximum atomic E-state index is 12.4. The molecule has 0 bridgehead atoms. The zero-order valence-corrected chi connectivity index (χ0v) is 13.2. The van der Waals surface area contributed by atoms with E-state index in [1.165, 1.54) is 11.3 Å². The van der Waals surface area contributed by atoms with Gasteiger partial charge in [0, 0.05) is 13.6 Å². The Hall–Kier alpha value is -2.04. The number of hydrogen-bond donors (Lipinski definition) is 2. The molecule has 1 aliphatic carbocycles. The molecule has 22 heavy (non-hydrogen) atoms. The summed E-state index contributed by atoms with van der Waals surface area (Å²) in [7, 11) is 1.64. The summed E-state index contributed by atoms with van der Waals surface area (Å²) >= 11 is 0. The summed E-state index contributed by atoms with van der Waals surface area (Å²) in [6.45, 7) is 1.81. The summed E-state index contributed by atoms with van der Waals surface area (Å²) in [5.74, 6) is -0.996. The molecule has 2 atom stereocenters. The van der Waals surface area contributed by atoms with Crippen LogP contribution in [0.1, 0.15) is 37.8 Å². The lowest BCUT2D eigenvalue weighted by atomic mass is 9.77. The Morgan fingerprint density at radius 2 is 1.95 bits per heavy atom. The molecule has 0 radical (unpaired) electrons. The van der Waals surface area contributed by atoms with Crippen LogP contribution < -0.4 is 5.32 Å². The number of nitrogens with zero attached hydrogens (tertiary/aromatic N) is 1. The molecule has 2 N–H and O–H groups in total. The Kier molecular flexibility index (Phi) is 5.41. The molecule has 1 aliphatic rings. The molecule has 0 heterocycles. The van der Waals surface area contributed by atoms with E-state index in [0.29, 0.717) is 5.92 Å². The quantitative estimate of drug-likeness (QED) is 0.849. The van der Waals surface area contributed by atoms with Gasteiger partial charge in [0.05, 0.1) is 12.0 Å². The number of urea groups is 1. The summed E-state index contributed by atoms with van der Waals surface area (Å²) in [5, 5.41) is 12.0. The van der Waals surface area contributed by atoms with Crippen LogP contribution in [0.25, 0.3) is 0 Å². The van der Waals surface area contributed by atoms with E-state index in [0.717, 1.165) is 18.4 Å². The highest BCUT2D eigenvalue weighted by Gasteiger charge is 2.30. The number of hydrogen-bond acceptors (Lipinski definition) is 2. The zero-order valence-electron chi connectivity index (χ0n) is 13.2. The first kappa shape index (κ1) is 16.3. The Morgan fingerprint density at radius 1 is 1.32 bits per heavy atom. The van der Waals surface area contributed by atoms with Gasteiger partial charge < -0.3 is 15.3 Å². The van der Waals surface area contributed by atoms with E-state index in [2.05, 4.69) is 5.32 Å². The lowest BCUT2D eigenvalue weighted by Gasteiger charge is -2.35. The second kappa shape index (κ2) is 7.29. The van der Waals surface area contributed by atoms with Crippen molar-refractivity contribution in [1.82, 2.24) is 10.2 Å². The van der Waals surface area contributed by atoms with E-state index in [1.54, 1.807) is 14.0 Å². The predicted molar refractivity (Wildman–Crippen MR) is 84.5 cm³/mol. The molecule has 5 nitrogen and oxygen atoms in total. The van der Waals surface area contributed by atoms with Gasteiger partial charge >= 0.3 is 12.0 Å². The van der Waals surface area contributed by atoms with Gasteiger partial charge in [0.15, 0.2) is 0 Å². The maximum Gasteiger partial charge on any atom is 0.317 e. The van der Waals surface area contributed by atoms with Gasteiger partial charge in [-0.25, -0.2) is 4.79 Å². The number of carboxylic acid groups (broad SMARTS) is 1. The molecule has 2 amide bonds. The van der Waals surface area contributed by atoms with Crippen molar-refractivity contribution in [2.45, 2.75) is 32.2 Å². The second-order valence-corrected chi connectivity index (χ2v) is 6.15. The number of rotatable bonds is 6. The number of carboxylic acids is 1. The molecule has 1 aromatic carbocycles. The molecule has 120 valence electrons. The molecule has 0 saturated heterocycles. The van der Waals surface area contributed by atoms with Crippen molar-refractivity contribution in [3.63, 3.8) is 0 Å². The van der Waals surface area contributed by atoms with Crippen molar-refractivity contribution in [3.8, 4) is 0 Å². The summed E-state index contributed by atoms with van der Waals surface area (Å²) < 4.78 is 0. The summed E-state index contributed by atoms with van der Waals surface area (Å²) in [6, 6.07) is 9.77. The van der Waals surface area contributed by atoms with Crippen molar-refractivity contribution in [2.24, 2.45) is 11.8 Å². The van der Waals surface area contributed by atoms with E-state index < -0.39 is 11.9 Å². The van der Waals surface area contributed by atoms with Crippen molar-refractivity contribution < 1.29 is 14.7 Å². The lowest BCUT2D eigenvalue weighted by Crippen LogP contribution is -2.44. The van der Waals surface area contributed by atoms with Crippen LogP contribution in [0.3, 0.4) is 0 Å². The smallest absolute Gasteiger partial charge is 0.317 e. The molecule has 1 fully saturated rings. The Bertz CT molecular complexity index is 514. The number of carbonyl (C=O) groups is 2. The lowest BCUT2D eigenvalue weighted by molar-refractivity contribution is -0.141. The van der Waals surface area contributed by atoms with Crippen molar-refractivity contribution in [1.29, 1.82) is 0 Å². The highest BCUT2D eigenvalue weighted by Crippen LogP contribution is 2.37. The SMILES string of the molecule is CC(CN(C)C(=O)NC(c1ccccc1)C1CCC1)C(=O)O. The van der Waals surface area contributed by atoms with Crippen LogP contribution in [-0.4, -0.2) is 35.6 Å². The molecule has 2 unspecified atom stereocenters. The average Bonchev–Trinajstić information content (AvgIpc) is 2.45. The van der Waals surface area contributed by atoms with Gasteiger partial charge in [-0.05, 0) is 24.3 Å². The van der Waals surface area contributed by atoms with Crippen LogP contribution in [0.2, 0.25) is 0 Å². The topological polar surface area (TPSA) is 69.6 Å². The molecule has 0 spiro atoms. The Morgan fingerprint density at radius 3 is 2.45 bits per heavy atom. The van der Waals surface area contributed by atoms with E-state index in [4.69, 9.17) is 5.11 Å². The first-order valence-electron chi connectivity index (χ1n) is 7.78. The van der Waals surface area contributed by atoms with Crippen LogP contribution in [0, 0.1) is 11.8 Å². The van der Waals surface area contributed by atoms with Gasteiger partial charge in [-0.3, -0.25) is 4.79 Å². The first-order chi connectivity index (χ1) is 10.5. The maximum absolute atomic E-state index is 12.4. The molecule has 1 saturated carbocycles. The first-order valence-corrected chi connectivity index (χ1v) is 7.78. The van der Waals surface area contributed by atoms with Crippen LogP contribution in [-0.2, 0) is 4.79 Å². The van der Waals surface area contributed by atoms with Gasteiger partial charge in [-0.1, -0.05) is 43.7 Å². The number of aliphatic carboxylic acids is 1. The van der Waals surface area contributed by atoms with E-state index in [9.17, 15) is 9.59 Å². The van der Waals surface area contributed by atoms with Crippen LogP contribution in [0.5, 0.6) is 0 Å². The third-order valence-electron chi connectivity index (χ3n) is 4.37. The minimum atomic E-state index is -0.891. The van der Waals surface area contributed by atoms with Gasteiger partial charge in [0.25, 0.3) is 0 Å². The fraction of sp³-hybridized carbons (Fsp3) is 0.529. The number of benzene rings is 1. The van der Waals surface area contributed by atoms with Gasteiger partial charge in [0.2, 0.25) is 0 Å². The van der Waals surface area contributed by atoms with Crippen molar-refractivity contribution >= 4 is 12.0 Å². The molecular formula is C17H24N2O3. The molecule has 5 heteroatoms. The molecule has 0 aliphatic heterocycles. The average molecular weight is 304 g/mol. The van der Waals surface area contributed by atoms with Gasteiger partial charge in [0.1, 0.15) is 0 Å². The molecular weight excluding hydrogens is 280 g/mol. The van der Waals surface area contributed by atoms with Crippen molar-refractivity contribution in [3.05, 3.63) is 35.9 Å². The van der Waals surface area contributed by atoms with E-state index in [1.807, 2.05) is 30.3 Å². The van der Waals surface area contributed by atoms with Gasteiger partial charge in [-0.15, -0.1) is 0 Å². The van der Waals surface area contributed by atoms with Gasteiger partial charge in [-0.2, -0.15) is 0 Å². The fourth-order valence-corrected chi connectivity index (χ4v) is 2.72.